The molecule has 0 aromatic heterocycles. The summed E-state index contributed by atoms with van der Waals surface area (Å²) in [6.07, 6.45) is 7.17. The van der Waals surface area contributed by atoms with Gasteiger partial charge in [0.25, 0.3) is 0 Å². The molecule has 0 amide bonds. The third-order valence-electron chi connectivity index (χ3n) is 4.21. The average Bonchev–Trinajstić information content (AvgIpc) is 2.76. The predicted molar refractivity (Wildman–Crippen MR) is 59.4 cm³/mol. The van der Waals surface area contributed by atoms with Crippen molar-refractivity contribution in [3.63, 3.8) is 0 Å². The molecule has 0 saturated heterocycles. The van der Waals surface area contributed by atoms with Gasteiger partial charge >= 0.3 is 5.97 Å². The number of ether oxygens (including phenoxy) is 1. The Morgan fingerprint density at radius 3 is 2.20 bits per heavy atom. The van der Waals surface area contributed by atoms with Gasteiger partial charge in [0.1, 0.15) is 6.10 Å². The molecule has 2 heteroatoms. The minimum absolute atomic E-state index is 0.0822. The highest BCUT2D eigenvalue weighted by Gasteiger charge is 2.34. The van der Waals surface area contributed by atoms with E-state index in [0.29, 0.717) is 11.8 Å². The molecule has 4 atom stereocenters. The van der Waals surface area contributed by atoms with Crippen LogP contribution in [0.25, 0.3) is 0 Å². The lowest BCUT2D eigenvalue weighted by Crippen LogP contribution is -2.27. The van der Waals surface area contributed by atoms with Gasteiger partial charge in [-0.2, -0.15) is 0 Å². The predicted octanol–water partition coefficient (Wildman–Crippen LogP) is 3.15. The lowest BCUT2D eigenvalue weighted by atomic mass is 9.98. The molecule has 2 rings (SSSR count). The molecule has 0 aromatic rings. The summed E-state index contributed by atoms with van der Waals surface area (Å²) in [6.45, 7) is 4.38. The number of carbonyl (C=O) groups excluding carboxylic acids is 1. The van der Waals surface area contributed by atoms with Crippen LogP contribution in [0.15, 0.2) is 0 Å². The van der Waals surface area contributed by atoms with Gasteiger partial charge in [-0.1, -0.05) is 20.3 Å². The fraction of sp³-hybridized carbons (Fsp3) is 0.923. The molecule has 0 aromatic carbocycles. The molecule has 86 valence electrons. The van der Waals surface area contributed by atoms with Crippen molar-refractivity contribution in [1.82, 2.24) is 0 Å². The van der Waals surface area contributed by atoms with Crippen molar-refractivity contribution < 1.29 is 9.53 Å². The molecule has 0 radical (unpaired) electrons. The van der Waals surface area contributed by atoms with Crippen LogP contribution in [0.1, 0.15) is 52.4 Å². The van der Waals surface area contributed by atoms with Gasteiger partial charge in [0.15, 0.2) is 0 Å². The van der Waals surface area contributed by atoms with Gasteiger partial charge in [-0.25, -0.2) is 0 Å². The van der Waals surface area contributed by atoms with Gasteiger partial charge in [-0.05, 0) is 43.9 Å². The highest BCUT2D eigenvalue weighted by molar-refractivity contribution is 5.73. The second-order valence-electron chi connectivity index (χ2n) is 5.40. The molecule has 2 fully saturated rings. The van der Waals surface area contributed by atoms with Gasteiger partial charge in [0.2, 0.25) is 0 Å². The Morgan fingerprint density at radius 1 is 1.00 bits per heavy atom. The van der Waals surface area contributed by atoms with E-state index in [-0.39, 0.29) is 18.0 Å². The fourth-order valence-electron chi connectivity index (χ4n) is 3.02. The zero-order chi connectivity index (χ0) is 10.8. The summed E-state index contributed by atoms with van der Waals surface area (Å²) in [6, 6.07) is 0. The summed E-state index contributed by atoms with van der Waals surface area (Å²) < 4.78 is 5.64. The lowest BCUT2D eigenvalue weighted by molar-refractivity contribution is -0.156. The van der Waals surface area contributed by atoms with Crippen LogP contribution in [-0.4, -0.2) is 12.1 Å². The fourth-order valence-corrected chi connectivity index (χ4v) is 3.02. The number of carbonyl (C=O) groups is 1. The van der Waals surface area contributed by atoms with E-state index >= 15 is 0 Å². The van der Waals surface area contributed by atoms with Crippen LogP contribution in [0.2, 0.25) is 0 Å². The van der Waals surface area contributed by atoms with Crippen LogP contribution in [0.4, 0.5) is 0 Å². The SMILES string of the molecule is CC1CCCC1OC(=O)C1CCCC1C. The van der Waals surface area contributed by atoms with E-state index in [1.807, 2.05) is 0 Å². The molecule has 15 heavy (non-hydrogen) atoms. The summed E-state index contributed by atoms with van der Waals surface area (Å²) in [5.74, 6) is 1.39. The molecule has 2 saturated carbocycles. The van der Waals surface area contributed by atoms with E-state index in [4.69, 9.17) is 4.74 Å². The van der Waals surface area contributed by atoms with Crippen molar-refractivity contribution in [2.45, 2.75) is 58.5 Å². The summed E-state index contributed by atoms with van der Waals surface area (Å²) >= 11 is 0. The maximum Gasteiger partial charge on any atom is 0.309 e. The summed E-state index contributed by atoms with van der Waals surface area (Å²) in [5.41, 5.74) is 0. The molecule has 0 bridgehead atoms. The van der Waals surface area contributed by atoms with Gasteiger partial charge in [0, 0.05) is 0 Å². The zero-order valence-electron chi connectivity index (χ0n) is 9.87. The quantitative estimate of drug-likeness (QED) is 0.654. The van der Waals surface area contributed by atoms with E-state index in [0.717, 1.165) is 12.8 Å². The molecule has 2 aliphatic rings. The monoisotopic (exact) mass is 210 g/mol. The molecular weight excluding hydrogens is 188 g/mol. The van der Waals surface area contributed by atoms with Crippen LogP contribution < -0.4 is 0 Å². The highest BCUT2D eigenvalue weighted by atomic mass is 16.5. The van der Waals surface area contributed by atoms with E-state index < -0.39 is 0 Å². The number of esters is 1. The van der Waals surface area contributed by atoms with Crippen molar-refractivity contribution in [1.29, 1.82) is 0 Å². The lowest BCUT2D eigenvalue weighted by Gasteiger charge is -2.20. The number of hydrogen-bond donors (Lipinski definition) is 0. The number of hydrogen-bond acceptors (Lipinski definition) is 2. The molecule has 4 unspecified atom stereocenters. The van der Waals surface area contributed by atoms with Crippen LogP contribution >= 0.6 is 0 Å². The van der Waals surface area contributed by atoms with Crippen molar-refractivity contribution in [2.75, 3.05) is 0 Å². The topological polar surface area (TPSA) is 26.3 Å². The van der Waals surface area contributed by atoms with E-state index in [9.17, 15) is 4.79 Å². The summed E-state index contributed by atoms with van der Waals surface area (Å²) in [7, 11) is 0. The molecule has 0 heterocycles. The first kappa shape index (κ1) is 11.0. The molecule has 0 spiro atoms. The minimum atomic E-state index is 0.0822. The van der Waals surface area contributed by atoms with Crippen molar-refractivity contribution >= 4 is 5.97 Å². The maximum absolute atomic E-state index is 11.9. The largest absolute Gasteiger partial charge is 0.462 e. The summed E-state index contributed by atoms with van der Waals surface area (Å²) in [5, 5.41) is 0. The Hall–Kier alpha value is -0.530. The third kappa shape index (κ3) is 2.35. The van der Waals surface area contributed by atoms with Crippen LogP contribution in [0.3, 0.4) is 0 Å². The van der Waals surface area contributed by atoms with E-state index in [1.165, 1.54) is 25.7 Å². The Morgan fingerprint density at radius 2 is 1.67 bits per heavy atom. The van der Waals surface area contributed by atoms with Crippen LogP contribution in [0, 0.1) is 17.8 Å². The second kappa shape index (κ2) is 4.54. The molecule has 2 nitrogen and oxygen atoms in total. The first-order valence-electron chi connectivity index (χ1n) is 6.39. The van der Waals surface area contributed by atoms with Crippen LogP contribution in [0.5, 0.6) is 0 Å². The first-order chi connectivity index (χ1) is 7.18. The molecule has 0 N–H and O–H groups in total. The normalized spacial score (nSPS) is 40.7. The van der Waals surface area contributed by atoms with Gasteiger partial charge in [-0.15, -0.1) is 0 Å². The third-order valence-corrected chi connectivity index (χ3v) is 4.21. The smallest absolute Gasteiger partial charge is 0.309 e. The molecular formula is C13H22O2. The Kier molecular flexibility index (Phi) is 3.32. The van der Waals surface area contributed by atoms with Gasteiger partial charge in [0.05, 0.1) is 5.92 Å². The highest BCUT2D eigenvalue weighted by Crippen LogP contribution is 2.34. The van der Waals surface area contributed by atoms with Gasteiger partial charge < -0.3 is 4.74 Å². The Bertz CT molecular complexity index is 237. The zero-order valence-corrected chi connectivity index (χ0v) is 9.87. The van der Waals surface area contributed by atoms with Crippen molar-refractivity contribution in [3.8, 4) is 0 Å². The van der Waals surface area contributed by atoms with Crippen molar-refractivity contribution in [3.05, 3.63) is 0 Å². The molecule has 0 aliphatic heterocycles. The summed E-state index contributed by atoms with van der Waals surface area (Å²) in [4.78, 5) is 11.9. The van der Waals surface area contributed by atoms with Crippen LogP contribution in [-0.2, 0) is 9.53 Å². The van der Waals surface area contributed by atoms with E-state index in [1.54, 1.807) is 0 Å². The molecule has 2 aliphatic carbocycles. The van der Waals surface area contributed by atoms with Gasteiger partial charge in [-0.3, -0.25) is 4.79 Å². The second-order valence-corrected chi connectivity index (χ2v) is 5.40. The maximum atomic E-state index is 11.9. The Labute approximate surface area is 92.4 Å². The number of rotatable bonds is 2. The minimum Gasteiger partial charge on any atom is -0.462 e. The standard InChI is InChI=1S/C13H22O2/c1-9-5-3-7-11(9)13(14)15-12-8-4-6-10(12)2/h9-12H,3-8H2,1-2H3. The first-order valence-corrected chi connectivity index (χ1v) is 6.39. The Balaban J connectivity index is 1.86. The van der Waals surface area contributed by atoms with E-state index in [2.05, 4.69) is 13.8 Å². The van der Waals surface area contributed by atoms with Crippen molar-refractivity contribution in [2.24, 2.45) is 17.8 Å². The average molecular weight is 210 g/mol.